The topological polar surface area (TPSA) is 135 Å². The van der Waals surface area contributed by atoms with Crippen LogP contribution < -0.4 is 10.0 Å². The summed E-state index contributed by atoms with van der Waals surface area (Å²) >= 11 is 1.37. The van der Waals surface area contributed by atoms with Crippen molar-refractivity contribution in [2.45, 2.75) is 24.7 Å². The number of hydrogen-bond acceptors (Lipinski definition) is 7. The van der Waals surface area contributed by atoms with Gasteiger partial charge in [0, 0.05) is 42.9 Å². The summed E-state index contributed by atoms with van der Waals surface area (Å²) in [5, 5.41) is 13.3. The third-order valence-corrected chi connectivity index (χ3v) is 6.17. The van der Waals surface area contributed by atoms with Crippen molar-refractivity contribution in [1.82, 2.24) is 10.0 Å². The molecule has 150 valence electrons. The predicted octanol–water partition coefficient (Wildman–Crippen LogP) is 2.02. The molecule has 0 atom stereocenters. The normalized spacial score (nSPS) is 11.2. The number of sulfonamides is 1. The maximum absolute atomic E-state index is 12.1. The molecule has 28 heavy (non-hydrogen) atoms. The van der Waals surface area contributed by atoms with Crippen LogP contribution in [0.25, 0.3) is 0 Å². The van der Waals surface area contributed by atoms with Crippen molar-refractivity contribution in [1.29, 1.82) is 0 Å². The minimum Gasteiger partial charge on any atom is -0.355 e. The predicted molar refractivity (Wildman–Crippen MR) is 104 cm³/mol. The zero-order valence-corrected chi connectivity index (χ0v) is 16.6. The zero-order valence-electron chi connectivity index (χ0n) is 15.0. The molecule has 0 bridgehead atoms. The summed E-state index contributed by atoms with van der Waals surface area (Å²) in [5.74, 6) is -0.476. The average Bonchev–Trinajstić information content (AvgIpc) is 3.10. The highest BCUT2D eigenvalue weighted by molar-refractivity contribution is 7.89. The highest BCUT2D eigenvalue weighted by atomic mass is 32.2. The van der Waals surface area contributed by atoms with E-state index < -0.39 is 14.9 Å². The number of aryl methyl sites for hydroxylation is 1. The van der Waals surface area contributed by atoms with Gasteiger partial charge < -0.3 is 5.32 Å². The summed E-state index contributed by atoms with van der Waals surface area (Å²) in [6.45, 7) is 1.83. The van der Waals surface area contributed by atoms with Gasteiger partial charge in [0.25, 0.3) is 5.69 Å². The van der Waals surface area contributed by atoms with Crippen LogP contribution >= 0.6 is 11.3 Å². The molecule has 1 heterocycles. The molecule has 0 saturated heterocycles. The largest absolute Gasteiger partial charge is 0.355 e. The van der Waals surface area contributed by atoms with Gasteiger partial charge in [0.2, 0.25) is 15.9 Å². The van der Waals surface area contributed by atoms with Gasteiger partial charge in [-0.2, -0.15) is 0 Å². The Labute approximate surface area is 166 Å². The molecular weight excluding hydrogens is 406 g/mol. The Morgan fingerprint density at radius 3 is 2.54 bits per heavy atom. The molecule has 0 unspecified atom stereocenters. The van der Waals surface area contributed by atoms with Crippen molar-refractivity contribution >= 4 is 38.7 Å². The number of rotatable bonds is 10. The van der Waals surface area contributed by atoms with Gasteiger partial charge >= 0.3 is 0 Å². The van der Waals surface area contributed by atoms with Crippen LogP contribution in [0.4, 0.5) is 5.69 Å². The molecule has 0 aliphatic carbocycles. The molecule has 0 radical (unpaired) electrons. The summed E-state index contributed by atoms with van der Waals surface area (Å²) < 4.78 is 26.5. The van der Waals surface area contributed by atoms with Crippen LogP contribution in [0.1, 0.15) is 27.4 Å². The average molecular weight is 425 g/mol. The molecule has 0 saturated carbocycles. The Bertz CT molecular complexity index is 984. The van der Waals surface area contributed by atoms with Crippen LogP contribution in [0.3, 0.4) is 0 Å². The van der Waals surface area contributed by atoms with Crippen molar-refractivity contribution in [3.63, 3.8) is 0 Å². The highest BCUT2D eigenvalue weighted by Gasteiger charge is 2.17. The Hall–Kier alpha value is -2.63. The molecule has 2 rings (SSSR count). The molecule has 1 amide bonds. The van der Waals surface area contributed by atoms with E-state index >= 15 is 0 Å². The highest BCUT2D eigenvalue weighted by Crippen LogP contribution is 2.18. The molecule has 1 aromatic heterocycles. The number of nitrogens with one attached hydrogen (secondary N) is 2. The number of benzene rings is 1. The molecule has 11 heteroatoms. The molecule has 9 nitrogen and oxygen atoms in total. The molecule has 0 spiro atoms. The van der Waals surface area contributed by atoms with Gasteiger partial charge in [-0.15, -0.1) is 11.3 Å². The third-order valence-electron chi connectivity index (χ3n) is 3.67. The van der Waals surface area contributed by atoms with Crippen LogP contribution in [0.15, 0.2) is 41.3 Å². The minimum absolute atomic E-state index is 0.00735. The van der Waals surface area contributed by atoms with Gasteiger partial charge in [-0.3, -0.25) is 19.7 Å². The number of carbonyl (C=O) groups excluding carboxylic acids is 2. The van der Waals surface area contributed by atoms with Crippen molar-refractivity contribution in [2.75, 3.05) is 13.1 Å². The zero-order chi connectivity index (χ0) is 20.7. The Balaban J connectivity index is 1.75. The number of ketones is 1. The maximum Gasteiger partial charge on any atom is 0.270 e. The van der Waals surface area contributed by atoms with E-state index in [0.717, 1.165) is 10.9 Å². The SMILES string of the molecule is Cc1ccc(C(=O)CCC(=O)NCCNS(=O)(=O)c2cccc([N+](=O)[O-])c2)s1. The van der Waals surface area contributed by atoms with Gasteiger partial charge in [-0.1, -0.05) is 6.07 Å². The number of amides is 1. The first kappa shape index (κ1) is 21.7. The van der Waals surface area contributed by atoms with Crippen molar-refractivity contribution < 1.29 is 22.9 Å². The number of nitro groups is 1. The third kappa shape index (κ3) is 6.22. The van der Waals surface area contributed by atoms with Crippen LogP contribution in [-0.2, 0) is 14.8 Å². The summed E-state index contributed by atoms with van der Waals surface area (Å²) in [5.41, 5.74) is -0.332. The van der Waals surface area contributed by atoms with Gasteiger partial charge in [0.05, 0.1) is 14.7 Å². The minimum atomic E-state index is -3.93. The lowest BCUT2D eigenvalue weighted by Crippen LogP contribution is -2.34. The fraction of sp³-hybridized carbons (Fsp3) is 0.294. The Morgan fingerprint density at radius 2 is 1.89 bits per heavy atom. The number of carbonyl (C=O) groups is 2. The van der Waals surface area contributed by atoms with Crippen LogP contribution in [-0.4, -0.2) is 38.1 Å². The summed E-state index contributed by atoms with van der Waals surface area (Å²) in [6.07, 6.45) is 0.0820. The van der Waals surface area contributed by atoms with E-state index in [4.69, 9.17) is 0 Å². The summed E-state index contributed by atoms with van der Waals surface area (Å²) in [4.78, 5) is 35.2. The van der Waals surface area contributed by atoms with Crippen molar-refractivity contribution in [3.05, 3.63) is 56.3 Å². The van der Waals surface area contributed by atoms with E-state index in [9.17, 15) is 28.1 Å². The van der Waals surface area contributed by atoms with E-state index in [1.807, 2.05) is 13.0 Å². The molecule has 2 aromatic rings. The monoisotopic (exact) mass is 425 g/mol. The van der Waals surface area contributed by atoms with E-state index in [2.05, 4.69) is 10.0 Å². The number of non-ortho nitro benzene ring substituents is 1. The van der Waals surface area contributed by atoms with E-state index in [0.29, 0.717) is 4.88 Å². The number of thiophene rings is 1. The Morgan fingerprint density at radius 1 is 1.14 bits per heavy atom. The smallest absolute Gasteiger partial charge is 0.270 e. The lowest BCUT2D eigenvalue weighted by atomic mass is 10.2. The Kier molecular flexibility index (Phi) is 7.38. The lowest BCUT2D eigenvalue weighted by molar-refractivity contribution is -0.385. The summed E-state index contributed by atoms with van der Waals surface area (Å²) in [6, 6.07) is 8.23. The van der Waals surface area contributed by atoms with Crippen molar-refractivity contribution in [2.24, 2.45) is 0 Å². The molecule has 0 aliphatic heterocycles. The van der Waals surface area contributed by atoms with Crippen LogP contribution in [0.2, 0.25) is 0 Å². The number of hydrogen-bond donors (Lipinski definition) is 2. The van der Waals surface area contributed by atoms with Gasteiger partial charge in [0.15, 0.2) is 5.78 Å². The van der Waals surface area contributed by atoms with E-state index in [1.54, 1.807) is 6.07 Å². The fourth-order valence-electron chi connectivity index (χ4n) is 2.26. The maximum atomic E-state index is 12.1. The fourth-order valence-corrected chi connectivity index (χ4v) is 4.16. The van der Waals surface area contributed by atoms with Gasteiger partial charge in [-0.05, 0) is 25.1 Å². The first-order valence-electron chi connectivity index (χ1n) is 8.29. The van der Waals surface area contributed by atoms with Crippen LogP contribution in [0.5, 0.6) is 0 Å². The second-order valence-corrected chi connectivity index (χ2v) is 8.89. The summed E-state index contributed by atoms with van der Waals surface area (Å²) in [7, 11) is -3.93. The molecule has 2 N–H and O–H groups in total. The standard InChI is InChI=1S/C17H19N3O6S2/c1-12-5-7-16(27-12)15(21)6-8-17(22)18-9-10-19-28(25,26)14-4-2-3-13(11-14)20(23)24/h2-5,7,11,19H,6,8-10H2,1H3,(H,18,22). The molecule has 1 aromatic carbocycles. The first-order chi connectivity index (χ1) is 13.2. The molecular formula is C17H19N3O6S2. The van der Waals surface area contributed by atoms with Crippen molar-refractivity contribution in [3.8, 4) is 0 Å². The second kappa shape index (κ2) is 9.53. The molecule has 0 fully saturated rings. The van der Waals surface area contributed by atoms with Gasteiger partial charge in [0.1, 0.15) is 0 Å². The lowest BCUT2D eigenvalue weighted by Gasteiger charge is -2.08. The second-order valence-electron chi connectivity index (χ2n) is 5.84. The van der Waals surface area contributed by atoms with Crippen LogP contribution in [0, 0.1) is 17.0 Å². The number of nitrogens with zero attached hydrogens (tertiary/aromatic N) is 1. The first-order valence-corrected chi connectivity index (χ1v) is 10.6. The number of nitro benzene ring substituents is 1. The van der Waals surface area contributed by atoms with E-state index in [1.165, 1.54) is 29.5 Å². The van der Waals surface area contributed by atoms with E-state index in [-0.39, 0.29) is 48.2 Å². The molecule has 0 aliphatic rings. The quantitative estimate of drug-likeness (QED) is 0.259. The number of Topliss-reactive ketones (excluding diaryl/α,β-unsaturated/α-hetero) is 1. The van der Waals surface area contributed by atoms with Gasteiger partial charge in [-0.25, -0.2) is 13.1 Å².